The van der Waals surface area contributed by atoms with E-state index >= 15 is 0 Å². The maximum absolute atomic E-state index is 11.7. The van der Waals surface area contributed by atoms with Crippen LogP contribution in [0.15, 0.2) is 48.5 Å². The Kier molecular flexibility index (Phi) is 5.21. The summed E-state index contributed by atoms with van der Waals surface area (Å²) in [5, 5.41) is 5.55. The Balaban J connectivity index is 1.70. The average molecular weight is 284 g/mol. The Hall–Kier alpha value is -2.49. The molecule has 2 aromatic carbocycles. The van der Waals surface area contributed by atoms with E-state index in [0.29, 0.717) is 13.2 Å². The van der Waals surface area contributed by atoms with E-state index in [1.165, 1.54) is 0 Å². The number of hydrogen-bond acceptors (Lipinski definition) is 2. The first kappa shape index (κ1) is 14.9. The number of aryl methyl sites for hydroxylation is 2. The highest BCUT2D eigenvalue weighted by molar-refractivity contribution is 5.89. The van der Waals surface area contributed by atoms with Gasteiger partial charge in [-0.25, -0.2) is 4.79 Å². The molecule has 2 rings (SSSR count). The largest absolute Gasteiger partial charge is 0.492 e. The van der Waals surface area contributed by atoms with E-state index in [0.717, 1.165) is 22.6 Å². The second kappa shape index (κ2) is 7.33. The molecular formula is C17H20N2O2. The zero-order valence-electron chi connectivity index (χ0n) is 12.3. The third-order valence-electron chi connectivity index (χ3n) is 2.92. The van der Waals surface area contributed by atoms with Gasteiger partial charge in [-0.1, -0.05) is 24.3 Å². The van der Waals surface area contributed by atoms with Gasteiger partial charge >= 0.3 is 6.03 Å². The molecule has 0 saturated carbocycles. The predicted molar refractivity (Wildman–Crippen MR) is 84.9 cm³/mol. The molecule has 2 aromatic rings. The standard InChI is InChI=1S/C17H20N2O2/c1-13-5-3-7-15(11-13)19-17(20)18-9-10-21-16-8-4-6-14(2)12-16/h3-8,11-12H,9-10H2,1-2H3,(H2,18,19,20). The lowest BCUT2D eigenvalue weighted by Crippen LogP contribution is -2.32. The molecule has 110 valence electrons. The lowest BCUT2D eigenvalue weighted by Gasteiger charge is -2.09. The predicted octanol–water partition coefficient (Wildman–Crippen LogP) is 3.50. The molecule has 0 saturated heterocycles. The van der Waals surface area contributed by atoms with Crippen molar-refractivity contribution in [2.24, 2.45) is 0 Å². The van der Waals surface area contributed by atoms with Crippen molar-refractivity contribution in [2.45, 2.75) is 13.8 Å². The van der Waals surface area contributed by atoms with Gasteiger partial charge in [0.1, 0.15) is 12.4 Å². The van der Waals surface area contributed by atoms with E-state index in [-0.39, 0.29) is 6.03 Å². The van der Waals surface area contributed by atoms with Gasteiger partial charge < -0.3 is 15.4 Å². The van der Waals surface area contributed by atoms with E-state index in [1.54, 1.807) is 0 Å². The van der Waals surface area contributed by atoms with E-state index in [9.17, 15) is 4.79 Å². The lowest BCUT2D eigenvalue weighted by molar-refractivity contribution is 0.247. The summed E-state index contributed by atoms with van der Waals surface area (Å²) in [5.41, 5.74) is 3.04. The number of nitrogens with one attached hydrogen (secondary N) is 2. The summed E-state index contributed by atoms with van der Waals surface area (Å²) in [7, 11) is 0. The minimum Gasteiger partial charge on any atom is -0.492 e. The van der Waals surface area contributed by atoms with Gasteiger partial charge in [0.15, 0.2) is 0 Å². The van der Waals surface area contributed by atoms with Gasteiger partial charge in [0.2, 0.25) is 0 Å². The van der Waals surface area contributed by atoms with Gasteiger partial charge in [-0.15, -0.1) is 0 Å². The van der Waals surface area contributed by atoms with Crippen LogP contribution >= 0.6 is 0 Å². The zero-order chi connectivity index (χ0) is 15.1. The molecule has 2 N–H and O–H groups in total. The van der Waals surface area contributed by atoms with E-state index in [4.69, 9.17) is 4.74 Å². The molecule has 0 unspecified atom stereocenters. The van der Waals surface area contributed by atoms with Crippen molar-refractivity contribution in [3.8, 4) is 5.75 Å². The fraction of sp³-hybridized carbons (Fsp3) is 0.235. The number of carbonyl (C=O) groups excluding carboxylic acids is 1. The van der Waals surface area contributed by atoms with Crippen LogP contribution < -0.4 is 15.4 Å². The molecule has 0 heterocycles. The number of rotatable bonds is 5. The maximum atomic E-state index is 11.7. The third-order valence-corrected chi connectivity index (χ3v) is 2.92. The number of benzene rings is 2. The van der Waals surface area contributed by atoms with Gasteiger partial charge in [-0.2, -0.15) is 0 Å². The zero-order valence-corrected chi connectivity index (χ0v) is 12.3. The molecule has 0 atom stereocenters. The van der Waals surface area contributed by atoms with Crippen LogP contribution in [-0.2, 0) is 0 Å². The van der Waals surface area contributed by atoms with Gasteiger partial charge in [0.25, 0.3) is 0 Å². The molecule has 4 heteroatoms. The van der Waals surface area contributed by atoms with Crippen LogP contribution in [0.1, 0.15) is 11.1 Å². The van der Waals surface area contributed by atoms with E-state index in [1.807, 2.05) is 62.4 Å². The molecule has 21 heavy (non-hydrogen) atoms. The van der Waals surface area contributed by atoms with Crippen molar-refractivity contribution in [3.05, 3.63) is 59.7 Å². The Morgan fingerprint density at radius 2 is 1.76 bits per heavy atom. The molecular weight excluding hydrogens is 264 g/mol. The molecule has 0 aromatic heterocycles. The smallest absolute Gasteiger partial charge is 0.319 e. The molecule has 4 nitrogen and oxygen atoms in total. The number of carbonyl (C=O) groups is 1. The number of ether oxygens (including phenoxy) is 1. The lowest BCUT2D eigenvalue weighted by atomic mass is 10.2. The fourth-order valence-corrected chi connectivity index (χ4v) is 1.94. The molecule has 0 fully saturated rings. The SMILES string of the molecule is Cc1cccc(NC(=O)NCCOc2cccc(C)c2)c1. The highest BCUT2D eigenvalue weighted by Crippen LogP contribution is 2.12. The summed E-state index contributed by atoms with van der Waals surface area (Å²) in [6.07, 6.45) is 0. The molecule has 0 aliphatic carbocycles. The first-order valence-electron chi connectivity index (χ1n) is 6.94. The van der Waals surface area contributed by atoms with Crippen molar-refractivity contribution in [2.75, 3.05) is 18.5 Å². The number of hydrogen-bond donors (Lipinski definition) is 2. The average Bonchev–Trinajstić information content (AvgIpc) is 2.44. The number of anilines is 1. The third kappa shape index (κ3) is 5.18. The molecule has 0 aliphatic heterocycles. The minimum absolute atomic E-state index is 0.228. The van der Waals surface area contributed by atoms with Crippen molar-refractivity contribution >= 4 is 11.7 Å². The summed E-state index contributed by atoms with van der Waals surface area (Å²) in [6, 6.07) is 15.3. The number of urea groups is 1. The van der Waals surface area contributed by atoms with Gasteiger partial charge in [0, 0.05) is 5.69 Å². The Labute approximate surface area is 125 Å². The van der Waals surface area contributed by atoms with Crippen molar-refractivity contribution < 1.29 is 9.53 Å². The Morgan fingerprint density at radius 1 is 1.05 bits per heavy atom. The van der Waals surface area contributed by atoms with Crippen molar-refractivity contribution in [1.29, 1.82) is 0 Å². The minimum atomic E-state index is -0.228. The number of amides is 2. The van der Waals surface area contributed by atoms with Gasteiger partial charge in [0.05, 0.1) is 6.54 Å². The topological polar surface area (TPSA) is 50.4 Å². The van der Waals surface area contributed by atoms with Crippen LogP contribution in [0, 0.1) is 13.8 Å². The van der Waals surface area contributed by atoms with Crippen LogP contribution in [0.4, 0.5) is 10.5 Å². The van der Waals surface area contributed by atoms with Crippen molar-refractivity contribution in [1.82, 2.24) is 5.32 Å². The molecule has 0 radical (unpaired) electrons. The summed E-state index contributed by atoms with van der Waals surface area (Å²) < 4.78 is 5.56. The van der Waals surface area contributed by atoms with Crippen LogP contribution in [-0.4, -0.2) is 19.2 Å². The van der Waals surface area contributed by atoms with Crippen LogP contribution in [0.25, 0.3) is 0 Å². The monoisotopic (exact) mass is 284 g/mol. The van der Waals surface area contributed by atoms with Gasteiger partial charge in [-0.3, -0.25) is 0 Å². The van der Waals surface area contributed by atoms with Crippen molar-refractivity contribution in [3.63, 3.8) is 0 Å². The second-order valence-corrected chi connectivity index (χ2v) is 4.92. The first-order chi connectivity index (χ1) is 10.1. The van der Waals surface area contributed by atoms with E-state index in [2.05, 4.69) is 10.6 Å². The quantitative estimate of drug-likeness (QED) is 0.826. The summed E-state index contributed by atoms with van der Waals surface area (Å²) in [6.45, 7) is 4.88. The highest BCUT2D eigenvalue weighted by Gasteiger charge is 2.01. The highest BCUT2D eigenvalue weighted by atomic mass is 16.5. The molecule has 2 amide bonds. The van der Waals surface area contributed by atoms with Crippen LogP contribution in [0.3, 0.4) is 0 Å². The van der Waals surface area contributed by atoms with E-state index < -0.39 is 0 Å². The molecule has 0 aliphatic rings. The summed E-state index contributed by atoms with van der Waals surface area (Å²) in [4.78, 5) is 11.7. The van der Waals surface area contributed by atoms with Crippen LogP contribution in [0.2, 0.25) is 0 Å². The first-order valence-corrected chi connectivity index (χ1v) is 6.94. The molecule has 0 spiro atoms. The van der Waals surface area contributed by atoms with Crippen LogP contribution in [0.5, 0.6) is 5.75 Å². The second-order valence-electron chi connectivity index (χ2n) is 4.92. The summed E-state index contributed by atoms with van der Waals surface area (Å²) in [5.74, 6) is 0.816. The van der Waals surface area contributed by atoms with Gasteiger partial charge in [-0.05, 0) is 49.2 Å². The molecule has 0 bridgehead atoms. The normalized spacial score (nSPS) is 10.0. The summed E-state index contributed by atoms with van der Waals surface area (Å²) >= 11 is 0. The Morgan fingerprint density at radius 3 is 2.48 bits per heavy atom. The Bertz CT molecular complexity index is 611. The fourth-order valence-electron chi connectivity index (χ4n) is 1.94. The maximum Gasteiger partial charge on any atom is 0.319 e.